The van der Waals surface area contributed by atoms with Crippen molar-refractivity contribution < 1.29 is 13.9 Å². The zero-order chi connectivity index (χ0) is 20.1. The summed E-state index contributed by atoms with van der Waals surface area (Å²) < 4.78 is 11.2. The van der Waals surface area contributed by atoms with Gasteiger partial charge in [0.1, 0.15) is 5.58 Å². The van der Waals surface area contributed by atoms with Crippen molar-refractivity contribution in [3.8, 4) is 0 Å². The number of methoxy groups -OCH3 is 1. The maximum Gasteiger partial charge on any atom is 0.287 e. The summed E-state index contributed by atoms with van der Waals surface area (Å²) in [5.74, 6) is 0.368. The van der Waals surface area contributed by atoms with Crippen LogP contribution in [0.15, 0.2) is 52.9 Å². The van der Waals surface area contributed by atoms with Crippen LogP contribution in [0.5, 0.6) is 0 Å². The number of aryl methyl sites for hydroxylation is 1. The van der Waals surface area contributed by atoms with Crippen molar-refractivity contribution in [2.45, 2.75) is 46.3 Å². The molecule has 148 valence electrons. The first-order valence-corrected chi connectivity index (χ1v) is 9.94. The predicted molar refractivity (Wildman–Crippen MR) is 112 cm³/mol. The summed E-state index contributed by atoms with van der Waals surface area (Å²) in [6, 6.07) is 16.1. The fourth-order valence-corrected chi connectivity index (χ4v) is 3.59. The van der Waals surface area contributed by atoms with E-state index in [-0.39, 0.29) is 17.9 Å². The molecule has 2 aromatic carbocycles. The summed E-state index contributed by atoms with van der Waals surface area (Å²) in [5, 5.41) is 4.09. The molecule has 0 bridgehead atoms. The van der Waals surface area contributed by atoms with Gasteiger partial charge in [-0.15, -0.1) is 0 Å². The lowest BCUT2D eigenvalue weighted by molar-refractivity contribution is 0.0893. The van der Waals surface area contributed by atoms with Crippen molar-refractivity contribution in [1.29, 1.82) is 0 Å². The van der Waals surface area contributed by atoms with Gasteiger partial charge in [-0.1, -0.05) is 69.7 Å². The molecule has 3 aromatic rings. The Hall–Kier alpha value is -2.59. The third kappa shape index (κ3) is 4.28. The smallest absolute Gasteiger partial charge is 0.287 e. The number of hydrogen-bond donors (Lipinski definition) is 1. The summed E-state index contributed by atoms with van der Waals surface area (Å²) in [6.45, 7) is 6.73. The molecule has 0 aliphatic carbocycles. The minimum atomic E-state index is -0.209. The van der Waals surface area contributed by atoms with Crippen LogP contribution in [0, 0.1) is 5.92 Å². The van der Waals surface area contributed by atoms with Crippen molar-refractivity contribution in [3.63, 3.8) is 0 Å². The van der Waals surface area contributed by atoms with E-state index in [0.29, 0.717) is 18.0 Å². The largest absolute Gasteiger partial charge is 0.451 e. The third-order valence-corrected chi connectivity index (χ3v) is 5.02. The first-order chi connectivity index (χ1) is 13.5. The molecule has 28 heavy (non-hydrogen) atoms. The maximum absolute atomic E-state index is 13.1. The number of rotatable bonds is 8. The molecule has 4 heteroatoms. The number of hydrogen-bond acceptors (Lipinski definition) is 3. The SMILES string of the molecule is CCCc1ccc(C(NC(=O)c2oc3ccccc3c2COC)C(C)C)cc1. The highest BCUT2D eigenvalue weighted by molar-refractivity contribution is 5.99. The molecule has 0 fully saturated rings. The van der Waals surface area contributed by atoms with Gasteiger partial charge in [0.05, 0.1) is 12.6 Å². The van der Waals surface area contributed by atoms with Crippen molar-refractivity contribution in [1.82, 2.24) is 5.32 Å². The molecule has 0 saturated heterocycles. The minimum Gasteiger partial charge on any atom is -0.451 e. The van der Waals surface area contributed by atoms with Crippen LogP contribution in [0.2, 0.25) is 0 Å². The summed E-state index contributed by atoms with van der Waals surface area (Å²) in [6.07, 6.45) is 2.19. The monoisotopic (exact) mass is 379 g/mol. The average Bonchev–Trinajstić information content (AvgIpc) is 3.06. The number of carbonyl (C=O) groups excluding carboxylic acids is 1. The molecule has 0 spiro atoms. The molecule has 1 N–H and O–H groups in total. The molecule has 1 amide bonds. The van der Waals surface area contributed by atoms with Crippen LogP contribution in [0.4, 0.5) is 0 Å². The van der Waals surface area contributed by atoms with Crippen LogP contribution in [0.3, 0.4) is 0 Å². The Kier molecular flexibility index (Phi) is 6.53. The van der Waals surface area contributed by atoms with Crippen molar-refractivity contribution in [2.75, 3.05) is 7.11 Å². The molecule has 1 atom stereocenters. The Morgan fingerprint density at radius 3 is 2.46 bits per heavy atom. The number of para-hydroxylation sites is 1. The summed E-state index contributed by atoms with van der Waals surface area (Å²) in [5.41, 5.74) is 3.91. The van der Waals surface area contributed by atoms with Crippen molar-refractivity contribution in [3.05, 3.63) is 71.0 Å². The second-order valence-corrected chi connectivity index (χ2v) is 7.53. The number of benzene rings is 2. The predicted octanol–water partition coefficient (Wildman–Crippen LogP) is 5.66. The molecule has 1 heterocycles. The van der Waals surface area contributed by atoms with E-state index in [9.17, 15) is 4.79 Å². The molecule has 3 rings (SSSR count). The Labute approximate surface area is 166 Å². The van der Waals surface area contributed by atoms with E-state index in [0.717, 1.165) is 29.4 Å². The van der Waals surface area contributed by atoms with Gasteiger partial charge in [-0.05, 0) is 29.5 Å². The number of ether oxygens (including phenoxy) is 1. The van der Waals surface area contributed by atoms with E-state index in [1.54, 1.807) is 7.11 Å². The average molecular weight is 380 g/mol. The molecule has 0 aliphatic rings. The Morgan fingerprint density at radius 1 is 1.11 bits per heavy atom. The molecule has 4 nitrogen and oxygen atoms in total. The standard InChI is InChI=1S/C24H29NO3/c1-5-8-17-11-13-18(14-12-17)22(16(2)3)25-24(26)23-20(15-27-4)19-9-6-7-10-21(19)28-23/h6-7,9-14,16,22H,5,8,15H2,1-4H3,(H,25,26). The zero-order valence-electron chi connectivity index (χ0n) is 17.1. The van der Waals surface area contributed by atoms with Crippen LogP contribution in [-0.4, -0.2) is 13.0 Å². The number of carbonyl (C=O) groups is 1. The third-order valence-electron chi connectivity index (χ3n) is 5.02. The normalized spacial score (nSPS) is 12.5. The molecule has 0 radical (unpaired) electrons. The van der Waals surface area contributed by atoms with Crippen LogP contribution >= 0.6 is 0 Å². The number of amides is 1. The first-order valence-electron chi connectivity index (χ1n) is 9.94. The van der Waals surface area contributed by atoms with E-state index in [2.05, 4.69) is 50.4 Å². The molecule has 1 unspecified atom stereocenters. The lowest BCUT2D eigenvalue weighted by Crippen LogP contribution is -2.32. The van der Waals surface area contributed by atoms with E-state index < -0.39 is 0 Å². The Bertz CT molecular complexity index is 925. The highest BCUT2D eigenvalue weighted by atomic mass is 16.5. The summed E-state index contributed by atoms with van der Waals surface area (Å²) in [4.78, 5) is 13.1. The second kappa shape index (κ2) is 9.07. The van der Waals surface area contributed by atoms with Gasteiger partial charge in [0.25, 0.3) is 5.91 Å². The Balaban J connectivity index is 1.88. The van der Waals surface area contributed by atoms with Gasteiger partial charge in [0, 0.05) is 18.1 Å². The highest BCUT2D eigenvalue weighted by Gasteiger charge is 2.25. The first kappa shape index (κ1) is 20.2. The maximum atomic E-state index is 13.1. The summed E-state index contributed by atoms with van der Waals surface area (Å²) in [7, 11) is 1.62. The van der Waals surface area contributed by atoms with Crippen molar-refractivity contribution in [2.24, 2.45) is 5.92 Å². The number of nitrogens with one attached hydrogen (secondary N) is 1. The lowest BCUT2D eigenvalue weighted by atomic mass is 9.94. The minimum absolute atomic E-state index is 0.0909. The highest BCUT2D eigenvalue weighted by Crippen LogP contribution is 2.28. The van der Waals surface area contributed by atoms with E-state index in [4.69, 9.17) is 9.15 Å². The van der Waals surface area contributed by atoms with Gasteiger partial charge in [-0.25, -0.2) is 0 Å². The number of fused-ring (bicyclic) bond motifs is 1. The van der Waals surface area contributed by atoms with Gasteiger partial charge in [-0.2, -0.15) is 0 Å². The molecule has 0 saturated carbocycles. The fourth-order valence-electron chi connectivity index (χ4n) is 3.59. The fraction of sp³-hybridized carbons (Fsp3) is 0.375. The number of furan rings is 1. The lowest BCUT2D eigenvalue weighted by Gasteiger charge is -2.23. The van der Waals surface area contributed by atoms with Gasteiger partial charge >= 0.3 is 0 Å². The van der Waals surface area contributed by atoms with Gasteiger partial charge < -0.3 is 14.5 Å². The van der Waals surface area contributed by atoms with Crippen LogP contribution in [0.1, 0.15) is 60.5 Å². The van der Waals surface area contributed by atoms with E-state index >= 15 is 0 Å². The van der Waals surface area contributed by atoms with Crippen LogP contribution < -0.4 is 5.32 Å². The van der Waals surface area contributed by atoms with Crippen LogP contribution in [0.25, 0.3) is 11.0 Å². The second-order valence-electron chi connectivity index (χ2n) is 7.53. The molecule has 0 aliphatic heterocycles. The van der Waals surface area contributed by atoms with Gasteiger partial charge in [0.2, 0.25) is 0 Å². The van der Waals surface area contributed by atoms with Crippen molar-refractivity contribution >= 4 is 16.9 Å². The topological polar surface area (TPSA) is 51.5 Å². The Morgan fingerprint density at radius 2 is 1.82 bits per heavy atom. The zero-order valence-corrected chi connectivity index (χ0v) is 17.1. The van der Waals surface area contributed by atoms with E-state index in [1.807, 2.05) is 24.3 Å². The van der Waals surface area contributed by atoms with Gasteiger partial charge in [0.15, 0.2) is 5.76 Å². The van der Waals surface area contributed by atoms with E-state index in [1.165, 1.54) is 5.56 Å². The summed E-state index contributed by atoms with van der Waals surface area (Å²) >= 11 is 0. The molecular formula is C24H29NO3. The molecular weight excluding hydrogens is 350 g/mol. The quantitative estimate of drug-likeness (QED) is 0.549. The van der Waals surface area contributed by atoms with Crippen LogP contribution in [-0.2, 0) is 17.8 Å². The van der Waals surface area contributed by atoms with Gasteiger partial charge in [-0.3, -0.25) is 4.79 Å². The molecule has 1 aromatic heterocycles.